The Bertz CT molecular complexity index is 994. The highest BCUT2D eigenvalue weighted by atomic mass is 32.1. The average Bonchev–Trinajstić information content (AvgIpc) is 3.39. The molecule has 33 heavy (non-hydrogen) atoms. The maximum atomic E-state index is 13.6. The maximum absolute atomic E-state index is 13.6. The van der Waals surface area contributed by atoms with E-state index in [-0.39, 0.29) is 36.7 Å². The average molecular weight is 473 g/mol. The molecular weight excluding hydrogens is 440 g/mol. The van der Waals surface area contributed by atoms with Crippen molar-refractivity contribution in [1.29, 1.82) is 0 Å². The summed E-state index contributed by atoms with van der Waals surface area (Å²) in [5.74, 6) is -1.02. The second-order valence-corrected chi connectivity index (χ2v) is 10.0. The van der Waals surface area contributed by atoms with Crippen LogP contribution in [0.15, 0.2) is 23.6 Å². The number of amides is 2. The normalized spacial score (nSPS) is 21.4. The van der Waals surface area contributed by atoms with E-state index in [0.29, 0.717) is 18.7 Å². The Kier molecular flexibility index (Phi) is 7.17. The molecule has 0 spiro atoms. The minimum Gasteiger partial charge on any atom is -0.461 e. The number of nitrogens with one attached hydrogen (secondary N) is 1. The molecule has 0 radical (unpaired) electrons. The van der Waals surface area contributed by atoms with Crippen molar-refractivity contribution in [2.24, 2.45) is 0 Å². The van der Waals surface area contributed by atoms with Gasteiger partial charge in [-0.25, -0.2) is 4.79 Å². The van der Waals surface area contributed by atoms with Crippen LogP contribution in [0.1, 0.15) is 78.2 Å². The molecule has 1 atom stereocenters. The second kappa shape index (κ2) is 10.1. The van der Waals surface area contributed by atoms with Gasteiger partial charge in [0, 0.05) is 23.5 Å². The first-order chi connectivity index (χ1) is 15.9. The largest absolute Gasteiger partial charge is 0.461 e. The second-order valence-electron chi connectivity index (χ2n) is 9.01. The molecule has 2 aliphatic rings. The van der Waals surface area contributed by atoms with Crippen LogP contribution in [-0.4, -0.2) is 57.2 Å². The zero-order chi connectivity index (χ0) is 23.4. The third-order valence-corrected chi connectivity index (χ3v) is 7.56. The SMILES string of the molecule is CCOC(=O)c1cc2n(n1)C[C@](C)(C(=O)NC1CCCCCC1)N(CCc1cccs1)C2=O. The molecule has 2 aromatic rings. The fourth-order valence-electron chi connectivity index (χ4n) is 4.74. The summed E-state index contributed by atoms with van der Waals surface area (Å²) < 4.78 is 6.55. The third-order valence-electron chi connectivity index (χ3n) is 6.62. The minimum absolute atomic E-state index is 0.0897. The smallest absolute Gasteiger partial charge is 0.358 e. The lowest BCUT2D eigenvalue weighted by molar-refractivity contribution is -0.133. The molecule has 1 saturated carbocycles. The molecule has 1 aliphatic heterocycles. The van der Waals surface area contributed by atoms with Gasteiger partial charge in [-0.3, -0.25) is 14.3 Å². The fraction of sp³-hybridized carbons (Fsp3) is 0.583. The van der Waals surface area contributed by atoms with Gasteiger partial charge in [0.25, 0.3) is 5.91 Å². The van der Waals surface area contributed by atoms with Crippen molar-refractivity contribution in [1.82, 2.24) is 20.0 Å². The van der Waals surface area contributed by atoms with Crippen molar-refractivity contribution in [3.05, 3.63) is 39.8 Å². The molecule has 2 amide bonds. The third kappa shape index (κ3) is 4.98. The molecule has 9 heteroatoms. The summed E-state index contributed by atoms with van der Waals surface area (Å²) in [5.41, 5.74) is -0.707. The Morgan fingerprint density at radius 1 is 1.27 bits per heavy atom. The van der Waals surface area contributed by atoms with Crippen molar-refractivity contribution in [3.63, 3.8) is 0 Å². The van der Waals surface area contributed by atoms with Crippen LogP contribution in [0.2, 0.25) is 0 Å². The number of carbonyl (C=O) groups excluding carboxylic acids is 3. The summed E-state index contributed by atoms with van der Waals surface area (Å²) in [4.78, 5) is 42.2. The summed E-state index contributed by atoms with van der Waals surface area (Å²) in [5, 5.41) is 9.56. The van der Waals surface area contributed by atoms with Gasteiger partial charge >= 0.3 is 5.97 Å². The van der Waals surface area contributed by atoms with Gasteiger partial charge in [0.15, 0.2) is 5.69 Å². The van der Waals surface area contributed by atoms with Gasteiger partial charge in [0.2, 0.25) is 5.91 Å². The Labute approximate surface area is 198 Å². The van der Waals surface area contributed by atoms with Gasteiger partial charge in [0.05, 0.1) is 13.2 Å². The molecular formula is C24H32N4O4S. The number of nitrogens with zero attached hydrogens (tertiary/aromatic N) is 3. The van der Waals surface area contributed by atoms with Crippen LogP contribution < -0.4 is 5.32 Å². The van der Waals surface area contributed by atoms with Crippen LogP contribution >= 0.6 is 11.3 Å². The quantitative estimate of drug-likeness (QED) is 0.492. The van der Waals surface area contributed by atoms with Crippen LogP contribution in [0.4, 0.5) is 0 Å². The molecule has 8 nitrogen and oxygen atoms in total. The van der Waals surface area contributed by atoms with Crippen LogP contribution in [0, 0.1) is 0 Å². The van der Waals surface area contributed by atoms with Gasteiger partial charge in [-0.2, -0.15) is 5.10 Å². The summed E-state index contributed by atoms with van der Waals surface area (Å²) >= 11 is 1.63. The molecule has 0 aromatic carbocycles. The predicted octanol–water partition coefficient (Wildman–Crippen LogP) is 3.42. The maximum Gasteiger partial charge on any atom is 0.358 e. The number of hydrogen-bond acceptors (Lipinski definition) is 6. The van der Waals surface area contributed by atoms with Crippen molar-refractivity contribution in [2.45, 2.75) is 76.9 Å². The molecule has 0 bridgehead atoms. The standard InChI is InChI=1S/C24H32N4O4S/c1-3-32-22(30)19-15-20-21(29)27(13-12-18-11-8-14-33-18)24(2,16-28(20)26-19)23(31)25-17-9-6-4-5-7-10-17/h8,11,14-15,17H,3-7,9-10,12-13,16H2,1-2H3,(H,25,31)/t24-/m1/s1. The molecule has 1 N–H and O–H groups in total. The molecule has 0 saturated heterocycles. The number of fused-ring (bicyclic) bond motifs is 1. The van der Waals surface area contributed by atoms with Crippen molar-refractivity contribution >= 4 is 29.1 Å². The Morgan fingerprint density at radius 2 is 2.03 bits per heavy atom. The number of hydrogen-bond donors (Lipinski definition) is 1. The number of aromatic nitrogens is 2. The van der Waals surface area contributed by atoms with E-state index >= 15 is 0 Å². The molecule has 2 aromatic heterocycles. The summed E-state index contributed by atoms with van der Waals surface area (Å²) in [7, 11) is 0. The Morgan fingerprint density at radius 3 is 2.70 bits per heavy atom. The minimum atomic E-state index is -1.11. The lowest BCUT2D eigenvalue weighted by Gasteiger charge is -2.43. The van der Waals surface area contributed by atoms with Crippen LogP contribution in [0.3, 0.4) is 0 Å². The van der Waals surface area contributed by atoms with E-state index in [4.69, 9.17) is 4.74 Å². The van der Waals surface area contributed by atoms with Gasteiger partial charge in [0.1, 0.15) is 11.2 Å². The van der Waals surface area contributed by atoms with E-state index in [1.54, 1.807) is 30.1 Å². The summed E-state index contributed by atoms with van der Waals surface area (Å²) in [6.07, 6.45) is 7.19. The van der Waals surface area contributed by atoms with Crippen molar-refractivity contribution < 1.29 is 19.1 Å². The highest BCUT2D eigenvalue weighted by Gasteiger charge is 2.48. The summed E-state index contributed by atoms with van der Waals surface area (Å²) in [6.45, 7) is 4.36. The number of ether oxygens (including phenoxy) is 1. The first kappa shape index (κ1) is 23.5. The molecule has 1 fully saturated rings. The lowest BCUT2D eigenvalue weighted by atomic mass is 9.93. The molecule has 178 valence electrons. The highest BCUT2D eigenvalue weighted by Crippen LogP contribution is 2.29. The molecule has 1 aliphatic carbocycles. The van der Waals surface area contributed by atoms with E-state index in [9.17, 15) is 14.4 Å². The van der Waals surface area contributed by atoms with Gasteiger partial charge < -0.3 is 15.0 Å². The van der Waals surface area contributed by atoms with Crippen LogP contribution in [-0.2, 0) is 22.5 Å². The predicted molar refractivity (Wildman–Crippen MR) is 125 cm³/mol. The van der Waals surface area contributed by atoms with Gasteiger partial charge in [-0.1, -0.05) is 31.7 Å². The monoisotopic (exact) mass is 472 g/mol. The molecule has 4 rings (SSSR count). The van der Waals surface area contributed by atoms with Crippen LogP contribution in [0.25, 0.3) is 0 Å². The Hall–Kier alpha value is -2.68. The molecule has 3 heterocycles. The first-order valence-electron chi connectivity index (χ1n) is 11.8. The van der Waals surface area contributed by atoms with E-state index in [0.717, 1.165) is 30.6 Å². The number of carbonyl (C=O) groups is 3. The zero-order valence-corrected chi connectivity index (χ0v) is 20.2. The lowest BCUT2D eigenvalue weighted by Crippen LogP contribution is -2.65. The van der Waals surface area contributed by atoms with E-state index < -0.39 is 11.5 Å². The van der Waals surface area contributed by atoms with E-state index in [1.165, 1.54) is 23.6 Å². The molecule has 0 unspecified atom stereocenters. The fourth-order valence-corrected chi connectivity index (χ4v) is 5.44. The highest BCUT2D eigenvalue weighted by molar-refractivity contribution is 7.09. The number of rotatable bonds is 7. The summed E-state index contributed by atoms with van der Waals surface area (Å²) in [6, 6.07) is 5.61. The van der Waals surface area contributed by atoms with Crippen molar-refractivity contribution in [2.75, 3.05) is 13.2 Å². The van der Waals surface area contributed by atoms with Crippen LogP contribution in [0.5, 0.6) is 0 Å². The topological polar surface area (TPSA) is 93.5 Å². The zero-order valence-electron chi connectivity index (χ0n) is 19.3. The van der Waals surface area contributed by atoms with E-state index in [2.05, 4.69) is 10.4 Å². The van der Waals surface area contributed by atoms with Gasteiger partial charge in [-0.15, -0.1) is 11.3 Å². The van der Waals surface area contributed by atoms with Crippen molar-refractivity contribution in [3.8, 4) is 0 Å². The Balaban J connectivity index is 1.62. The first-order valence-corrected chi connectivity index (χ1v) is 12.7. The number of thiophene rings is 1. The number of esters is 1. The van der Waals surface area contributed by atoms with E-state index in [1.807, 2.05) is 17.5 Å². The van der Waals surface area contributed by atoms with Gasteiger partial charge in [-0.05, 0) is 44.6 Å².